The summed E-state index contributed by atoms with van der Waals surface area (Å²) in [5, 5.41) is 16.4. The number of nitrogens with one attached hydrogen (secondary N) is 2. The summed E-state index contributed by atoms with van der Waals surface area (Å²) in [4.78, 5) is 42.6. The van der Waals surface area contributed by atoms with Crippen LogP contribution in [0.1, 0.15) is 58.4 Å². The van der Waals surface area contributed by atoms with Crippen LogP contribution in [-0.2, 0) is 25.5 Å². The van der Waals surface area contributed by atoms with Crippen LogP contribution in [0.2, 0.25) is 0 Å². The zero-order valence-corrected chi connectivity index (χ0v) is 21.1. The molecule has 8 nitrogen and oxygen atoms in total. The van der Waals surface area contributed by atoms with E-state index in [-0.39, 0.29) is 24.3 Å². The van der Waals surface area contributed by atoms with Crippen LogP contribution >= 0.6 is 0 Å². The van der Waals surface area contributed by atoms with Gasteiger partial charge in [-0.1, -0.05) is 50.6 Å². The predicted octanol–water partition coefficient (Wildman–Crippen LogP) is 1.80. The van der Waals surface area contributed by atoms with Crippen molar-refractivity contribution in [3.8, 4) is 0 Å². The third-order valence-electron chi connectivity index (χ3n) is 8.04. The predicted molar refractivity (Wildman–Crippen MR) is 131 cm³/mol. The van der Waals surface area contributed by atoms with Gasteiger partial charge in [-0.25, -0.2) is 0 Å². The number of rotatable bonds is 11. The number of aliphatic hydroxyl groups excluding tert-OH is 1. The Balaban J connectivity index is 1.72. The van der Waals surface area contributed by atoms with Crippen molar-refractivity contribution in [2.45, 2.75) is 82.6 Å². The second-order valence-electron chi connectivity index (χ2n) is 10.4. The van der Waals surface area contributed by atoms with E-state index in [0.717, 1.165) is 24.8 Å². The minimum absolute atomic E-state index is 0.190. The molecule has 2 unspecified atom stereocenters. The molecular formula is C27H39N3O5. The third kappa shape index (κ3) is 4.35. The van der Waals surface area contributed by atoms with Gasteiger partial charge in [0.05, 0.1) is 30.1 Å². The Bertz CT molecular complexity index is 940. The van der Waals surface area contributed by atoms with Crippen molar-refractivity contribution in [2.75, 3.05) is 19.7 Å². The summed E-state index contributed by atoms with van der Waals surface area (Å²) < 4.78 is 6.60. The molecule has 192 valence electrons. The molecule has 3 fully saturated rings. The molecule has 0 aromatic heterocycles. The number of ether oxygens (including phenoxy) is 1. The van der Waals surface area contributed by atoms with Crippen molar-refractivity contribution < 1.29 is 24.2 Å². The fraction of sp³-hybridized carbons (Fsp3) is 0.667. The first-order chi connectivity index (χ1) is 16.8. The Morgan fingerprint density at radius 3 is 2.49 bits per heavy atom. The van der Waals surface area contributed by atoms with Gasteiger partial charge in [-0.15, -0.1) is 0 Å². The lowest BCUT2D eigenvalue weighted by molar-refractivity contribution is -0.149. The summed E-state index contributed by atoms with van der Waals surface area (Å²) in [6, 6.07) is 8.16. The molecule has 0 aliphatic carbocycles. The largest absolute Gasteiger partial charge is 0.394 e. The molecule has 1 aromatic carbocycles. The van der Waals surface area contributed by atoms with Crippen molar-refractivity contribution in [3.63, 3.8) is 0 Å². The molecule has 0 saturated carbocycles. The number of unbranched alkanes of at least 4 members (excludes halogenated alkanes) is 1. The number of benzene rings is 1. The quantitative estimate of drug-likeness (QED) is 0.414. The van der Waals surface area contributed by atoms with Gasteiger partial charge in [0.2, 0.25) is 17.7 Å². The monoisotopic (exact) mass is 485 g/mol. The van der Waals surface area contributed by atoms with E-state index in [0.29, 0.717) is 32.4 Å². The van der Waals surface area contributed by atoms with Crippen molar-refractivity contribution in [1.82, 2.24) is 15.5 Å². The van der Waals surface area contributed by atoms with E-state index in [1.165, 1.54) is 0 Å². The molecule has 8 heteroatoms. The van der Waals surface area contributed by atoms with Crippen LogP contribution < -0.4 is 10.6 Å². The fourth-order valence-corrected chi connectivity index (χ4v) is 6.44. The molecule has 1 aromatic rings. The molecule has 3 N–H and O–H groups in total. The molecule has 3 amide bonds. The number of nitrogens with zero attached hydrogens (tertiary/aromatic N) is 1. The fourth-order valence-electron chi connectivity index (χ4n) is 6.44. The first-order valence-corrected chi connectivity index (χ1v) is 13.1. The highest BCUT2D eigenvalue weighted by Gasteiger charge is 2.78. The van der Waals surface area contributed by atoms with Crippen LogP contribution in [0.25, 0.3) is 0 Å². The van der Waals surface area contributed by atoms with Gasteiger partial charge in [-0.05, 0) is 44.6 Å². The zero-order valence-electron chi connectivity index (χ0n) is 21.1. The highest BCUT2D eigenvalue weighted by molar-refractivity contribution is 5.99. The lowest BCUT2D eigenvalue weighted by Gasteiger charge is -2.37. The van der Waals surface area contributed by atoms with Gasteiger partial charge in [-0.3, -0.25) is 14.4 Å². The first kappa shape index (κ1) is 25.6. The number of fused-ring (bicyclic) bond motifs is 1. The lowest BCUT2D eigenvalue weighted by atomic mass is 9.66. The molecule has 0 radical (unpaired) electrons. The maximum Gasteiger partial charge on any atom is 0.245 e. The SMILES string of the molecule is CCCCNC(=O)C1N([C@@H](CO)Cc2ccccc2)C(=O)[C@@H]2[C@@H](C(=O)NCCC)[C@@]3(C)CCC12O3. The first-order valence-electron chi connectivity index (χ1n) is 13.1. The number of aliphatic hydroxyl groups is 1. The van der Waals surface area contributed by atoms with Gasteiger partial charge in [0.1, 0.15) is 11.6 Å². The number of carbonyl (C=O) groups excluding carboxylic acids is 3. The van der Waals surface area contributed by atoms with Crippen molar-refractivity contribution in [1.29, 1.82) is 0 Å². The van der Waals surface area contributed by atoms with Crippen molar-refractivity contribution >= 4 is 17.7 Å². The van der Waals surface area contributed by atoms with Crippen LogP contribution in [0, 0.1) is 11.8 Å². The molecule has 1 spiro atoms. The van der Waals surface area contributed by atoms with Crippen LogP contribution in [0.3, 0.4) is 0 Å². The number of hydrogen-bond donors (Lipinski definition) is 3. The zero-order chi connectivity index (χ0) is 25.2. The number of carbonyl (C=O) groups is 3. The minimum Gasteiger partial charge on any atom is -0.394 e. The van der Waals surface area contributed by atoms with Crippen LogP contribution in [0.15, 0.2) is 30.3 Å². The lowest BCUT2D eigenvalue weighted by Crippen LogP contribution is -2.58. The summed E-state index contributed by atoms with van der Waals surface area (Å²) in [6.07, 6.45) is 4.10. The summed E-state index contributed by atoms with van der Waals surface area (Å²) in [5.41, 5.74) is -0.894. The standard InChI is InChI=1S/C27H39N3O5/c1-4-6-15-29-24(33)22-27-13-12-26(3,35-27)20(23(32)28-14-5-2)21(27)25(34)30(22)19(17-31)16-18-10-8-7-9-11-18/h7-11,19-22,31H,4-6,12-17H2,1-3H3,(H,28,32)(H,29,33)/t19-,20+,21+,22?,26-,27?/m1/s1. The maximum atomic E-state index is 14.1. The van der Waals surface area contributed by atoms with Crippen molar-refractivity contribution in [2.24, 2.45) is 11.8 Å². The average Bonchev–Trinajstić information content (AvgIpc) is 3.42. The van der Waals surface area contributed by atoms with E-state index in [1.54, 1.807) is 4.90 Å². The van der Waals surface area contributed by atoms with Crippen molar-refractivity contribution in [3.05, 3.63) is 35.9 Å². The number of likely N-dealkylation sites (tertiary alicyclic amines) is 1. The molecule has 3 aliphatic rings. The van der Waals surface area contributed by atoms with E-state index in [1.807, 2.05) is 44.2 Å². The number of hydrogen-bond acceptors (Lipinski definition) is 5. The van der Waals surface area contributed by atoms with E-state index in [4.69, 9.17) is 4.74 Å². The molecule has 6 atom stereocenters. The minimum atomic E-state index is -1.07. The van der Waals surface area contributed by atoms with E-state index < -0.39 is 35.1 Å². The molecule has 35 heavy (non-hydrogen) atoms. The van der Waals surface area contributed by atoms with Gasteiger partial charge in [0, 0.05) is 13.1 Å². The molecule has 3 saturated heterocycles. The van der Waals surface area contributed by atoms with Crippen LogP contribution in [-0.4, -0.2) is 70.7 Å². The van der Waals surface area contributed by atoms with E-state index >= 15 is 0 Å². The van der Waals surface area contributed by atoms with Crippen LogP contribution in [0.5, 0.6) is 0 Å². The van der Waals surface area contributed by atoms with E-state index in [9.17, 15) is 19.5 Å². The Morgan fingerprint density at radius 2 is 1.83 bits per heavy atom. The van der Waals surface area contributed by atoms with Gasteiger partial charge in [-0.2, -0.15) is 0 Å². The van der Waals surface area contributed by atoms with Gasteiger partial charge in [0.25, 0.3) is 0 Å². The average molecular weight is 486 g/mol. The second kappa shape index (κ2) is 10.3. The summed E-state index contributed by atoms with van der Waals surface area (Å²) in [7, 11) is 0. The smallest absolute Gasteiger partial charge is 0.245 e. The molecular weight excluding hydrogens is 446 g/mol. The molecule has 4 rings (SSSR count). The van der Waals surface area contributed by atoms with Gasteiger partial charge in [0.15, 0.2) is 0 Å². The van der Waals surface area contributed by atoms with Gasteiger partial charge < -0.3 is 25.4 Å². The van der Waals surface area contributed by atoms with Gasteiger partial charge >= 0.3 is 0 Å². The Hall–Kier alpha value is -2.45. The van der Waals surface area contributed by atoms with E-state index in [2.05, 4.69) is 17.6 Å². The summed E-state index contributed by atoms with van der Waals surface area (Å²) in [5.74, 6) is -2.13. The Labute approximate surface area is 207 Å². The molecule has 2 bridgehead atoms. The topological polar surface area (TPSA) is 108 Å². The van der Waals surface area contributed by atoms with Crippen LogP contribution in [0.4, 0.5) is 0 Å². The number of amides is 3. The third-order valence-corrected chi connectivity index (χ3v) is 8.04. The molecule has 3 heterocycles. The second-order valence-corrected chi connectivity index (χ2v) is 10.4. The summed E-state index contributed by atoms with van der Waals surface area (Å²) in [6.45, 7) is 6.68. The highest BCUT2D eigenvalue weighted by Crippen LogP contribution is 2.63. The Morgan fingerprint density at radius 1 is 1.11 bits per heavy atom. The summed E-state index contributed by atoms with van der Waals surface area (Å²) >= 11 is 0. The normalized spacial score (nSPS) is 31.9. The highest BCUT2D eigenvalue weighted by atomic mass is 16.5. The maximum absolute atomic E-state index is 14.1. The molecule has 3 aliphatic heterocycles. The Kier molecular flexibility index (Phi) is 7.52.